The minimum Gasteiger partial charge on any atom is -0.465 e. The molecule has 1 N–H and O–H groups in total. The average Bonchev–Trinajstić information content (AvgIpc) is 3.48. The molecule has 0 aliphatic carbocycles. The second-order valence-electron chi connectivity index (χ2n) is 8.20. The maximum absolute atomic E-state index is 12.8. The molecule has 0 aromatic carbocycles. The predicted molar refractivity (Wildman–Crippen MR) is 115 cm³/mol. The molecular weight excluding hydrogens is 418 g/mol. The number of piperazine rings is 1. The fourth-order valence-electron chi connectivity index (χ4n) is 4.70. The number of amides is 1. The number of fused-ring (bicyclic) bond motifs is 4. The zero-order valence-electron chi connectivity index (χ0n) is 16.9. The largest absolute Gasteiger partial charge is 0.465 e. The van der Waals surface area contributed by atoms with Gasteiger partial charge in [-0.05, 0) is 31.9 Å². The van der Waals surface area contributed by atoms with Crippen LogP contribution in [0.3, 0.4) is 0 Å². The Hall–Kier alpha value is -3.47. The van der Waals surface area contributed by atoms with E-state index < -0.39 is 6.09 Å². The van der Waals surface area contributed by atoms with Crippen LogP contribution in [0.5, 0.6) is 0 Å². The number of aromatic nitrogens is 5. The van der Waals surface area contributed by atoms with Crippen LogP contribution in [0, 0.1) is 13.8 Å². The summed E-state index contributed by atoms with van der Waals surface area (Å²) in [4.78, 5) is 37.7. The van der Waals surface area contributed by atoms with Gasteiger partial charge in [-0.15, -0.1) is 0 Å². The van der Waals surface area contributed by atoms with Crippen LogP contribution in [-0.2, 0) is 0 Å². The van der Waals surface area contributed by atoms with Crippen molar-refractivity contribution >= 4 is 33.0 Å². The lowest BCUT2D eigenvalue weighted by atomic mass is 10.2. The molecule has 2 saturated heterocycles. The molecule has 2 aliphatic heterocycles. The molecule has 6 heterocycles. The van der Waals surface area contributed by atoms with Crippen molar-refractivity contribution in [1.29, 1.82) is 0 Å². The lowest BCUT2D eigenvalue weighted by molar-refractivity contribution is 0.137. The van der Waals surface area contributed by atoms with Crippen LogP contribution < -0.4 is 10.5 Å². The first kappa shape index (κ1) is 18.3. The Kier molecular flexibility index (Phi) is 3.70. The fourth-order valence-corrected chi connectivity index (χ4v) is 5.77. The van der Waals surface area contributed by atoms with Crippen molar-refractivity contribution < 1.29 is 9.90 Å². The number of thiazole rings is 1. The Morgan fingerprint density at radius 3 is 2.71 bits per heavy atom. The van der Waals surface area contributed by atoms with Crippen molar-refractivity contribution in [3.05, 3.63) is 46.1 Å². The molecule has 1 amide bonds. The molecule has 2 bridgehead atoms. The van der Waals surface area contributed by atoms with Crippen LogP contribution >= 0.6 is 11.3 Å². The van der Waals surface area contributed by atoms with E-state index in [4.69, 9.17) is 4.98 Å². The molecule has 2 fully saturated rings. The van der Waals surface area contributed by atoms with Crippen LogP contribution in [0.2, 0.25) is 0 Å². The zero-order chi connectivity index (χ0) is 21.4. The minimum absolute atomic E-state index is 0.00509. The van der Waals surface area contributed by atoms with Crippen molar-refractivity contribution in [1.82, 2.24) is 28.9 Å². The van der Waals surface area contributed by atoms with Gasteiger partial charge in [0.05, 0.1) is 23.6 Å². The van der Waals surface area contributed by atoms with Gasteiger partial charge in [0.1, 0.15) is 10.7 Å². The zero-order valence-corrected chi connectivity index (χ0v) is 17.7. The Morgan fingerprint density at radius 2 is 1.97 bits per heavy atom. The highest BCUT2D eigenvalue weighted by molar-refractivity contribution is 7.20. The average molecular weight is 437 g/mol. The van der Waals surface area contributed by atoms with Gasteiger partial charge in [0.2, 0.25) is 0 Å². The summed E-state index contributed by atoms with van der Waals surface area (Å²) < 4.78 is 3.27. The quantitative estimate of drug-likeness (QED) is 0.511. The van der Waals surface area contributed by atoms with Gasteiger partial charge < -0.3 is 14.9 Å². The molecule has 0 radical (unpaired) electrons. The Morgan fingerprint density at radius 1 is 1.13 bits per heavy atom. The van der Waals surface area contributed by atoms with Gasteiger partial charge in [-0.3, -0.25) is 9.20 Å². The van der Waals surface area contributed by atoms with E-state index in [0.29, 0.717) is 29.4 Å². The highest BCUT2D eigenvalue weighted by Gasteiger charge is 2.46. The molecule has 0 spiro atoms. The van der Waals surface area contributed by atoms with Crippen LogP contribution in [0.1, 0.15) is 17.7 Å². The first-order chi connectivity index (χ1) is 14.9. The first-order valence-electron chi connectivity index (χ1n) is 10.0. The third-order valence-electron chi connectivity index (χ3n) is 6.12. The summed E-state index contributed by atoms with van der Waals surface area (Å²) in [7, 11) is 0. The smallest absolute Gasteiger partial charge is 0.407 e. The molecule has 4 aromatic heterocycles. The lowest BCUT2D eigenvalue weighted by Gasteiger charge is -2.32. The van der Waals surface area contributed by atoms with E-state index in [2.05, 4.69) is 15.0 Å². The van der Waals surface area contributed by atoms with Crippen molar-refractivity contribution in [2.24, 2.45) is 0 Å². The Labute approximate surface area is 180 Å². The van der Waals surface area contributed by atoms with Gasteiger partial charge in [0.15, 0.2) is 10.6 Å². The number of imidazole rings is 1. The van der Waals surface area contributed by atoms with E-state index in [1.54, 1.807) is 8.92 Å². The summed E-state index contributed by atoms with van der Waals surface area (Å²) in [5, 5.41) is 14.8. The standard InChI is InChI=1S/C20H19N7O3S/c1-10-3-15(23-27-6-11(2)21-18(10)27)14-5-16(28)26-9-17(31-19(26)22-14)24-7-13-4-12(24)8-25(13)20(29)30/h3,5-6,9,12-13H,4,7-8H2,1-2H3,(H,29,30)/t12-,13-/m0/s1. The third-order valence-corrected chi connectivity index (χ3v) is 7.14. The highest BCUT2D eigenvalue weighted by Crippen LogP contribution is 2.37. The van der Waals surface area contributed by atoms with Gasteiger partial charge in [-0.1, -0.05) is 11.3 Å². The molecule has 2 atom stereocenters. The summed E-state index contributed by atoms with van der Waals surface area (Å²) in [6.07, 6.45) is 3.62. The van der Waals surface area contributed by atoms with Gasteiger partial charge in [-0.25, -0.2) is 19.3 Å². The SMILES string of the molecule is Cc1cn2nc(-c3cc(=O)n4cc(N5C[C@@H]6C[C@H]5CN6C(=O)O)sc4n3)cc(C)c2n1. The summed E-state index contributed by atoms with van der Waals surface area (Å²) in [6, 6.07) is 3.54. The number of hydrogen-bond acceptors (Lipinski definition) is 7. The number of anilines is 1. The number of carbonyl (C=O) groups is 1. The molecule has 10 nitrogen and oxygen atoms in total. The molecule has 0 unspecified atom stereocenters. The minimum atomic E-state index is -0.862. The van der Waals surface area contributed by atoms with Crippen molar-refractivity contribution in [2.45, 2.75) is 32.4 Å². The van der Waals surface area contributed by atoms with E-state index in [9.17, 15) is 14.7 Å². The normalized spacial score (nSPS) is 20.5. The number of likely N-dealkylation sites (tertiary alicyclic amines) is 1. The van der Waals surface area contributed by atoms with Crippen molar-refractivity contribution in [2.75, 3.05) is 18.0 Å². The number of rotatable bonds is 2. The van der Waals surface area contributed by atoms with E-state index in [1.165, 1.54) is 22.3 Å². The molecule has 0 saturated carbocycles. The summed E-state index contributed by atoms with van der Waals surface area (Å²) >= 11 is 1.44. The number of carboxylic acid groups (broad SMARTS) is 1. The van der Waals surface area contributed by atoms with E-state index in [1.807, 2.05) is 32.3 Å². The maximum atomic E-state index is 12.8. The van der Waals surface area contributed by atoms with E-state index in [0.717, 1.165) is 28.3 Å². The number of nitrogens with zero attached hydrogens (tertiary/aromatic N) is 7. The first-order valence-corrected chi connectivity index (χ1v) is 10.8. The predicted octanol–water partition coefficient (Wildman–Crippen LogP) is 2.02. The molecule has 6 rings (SSSR count). The topological polar surface area (TPSA) is 108 Å². The van der Waals surface area contributed by atoms with Crippen molar-refractivity contribution in [3.63, 3.8) is 0 Å². The van der Waals surface area contributed by atoms with Crippen LogP contribution in [0.4, 0.5) is 9.80 Å². The Bertz CT molecular complexity index is 1440. The molecule has 2 aliphatic rings. The van der Waals surface area contributed by atoms with Gasteiger partial charge in [0.25, 0.3) is 5.56 Å². The van der Waals surface area contributed by atoms with E-state index >= 15 is 0 Å². The monoisotopic (exact) mass is 437 g/mol. The van der Waals surface area contributed by atoms with Gasteiger partial charge in [0, 0.05) is 31.4 Å². The van der Waals surface area contributed by atoms with Crippen molar-refractivity contribution in [3.8, 4) is 11.4 Å². The van der Waals surface area contributed by atoms with Crippen LogP contribution in [0.25, 0.3) is 22.0 Å². The highest BCUT2D eigenvalue weighted by atomic mass is 32.1. The lowest BCUT2D eigenvalue weighted by Crippen LogP contribution is -2.48. The third kappa shape index (κ3) is 2.73. The molecule has 31 heavy (non-hydrogen) atoms. The second-order valence-corrected chi connectivity index (χ2v) is 9.18. The van der Waals surface area contributed by atoms with E-state index in [-0.39, 0.29) is 17.6 Å². The summed E-state index contributed by atoms with van der Waals surface area (Å²) in [5.74, 6) is 0. The van der Waals surface area contributed by atoms with Gasteiger partial charge >= 0.3 is 6.09 Å². The summed E-state index contributed by atoms with van der Waals surface area (Å²) in [5.41, 5.74) is 3.60. The van der Waals surface area contributed by atoms with Crippen LogP contribution in [0.15, 0.2) is 29.3 Å². The number of aryl methyl sites for hydroxylation is 2. The molecule has 158 valence electrons. The molecule has 4 aromatic rings. The van der Waals surface area contributed by atoms with Gasteiger partial charge in [-0.2, -0.15) is 5.10 Å². The Balaban J connectivity index is 1.39. The fraction of sp³-hybridized carbons (Fsp3) is 0.350. The maximum Gasteiger partial charge on any atom is 0.407 e. The number of hydrogen-bond donors (Lipinski definition) is 1. The molecular formula is C20H19N7O3S. The molecule has 11 heteroatoms. The second kappa shape index (κ2) is 6.27. The summed E-state index contributed by atoms with van der Waals surface area (Å²) in [6.45, 7) is 5.01. The van der Waals surface area contributed by atoms with Crippen LogP contribution in [-0.4, -0.2) is 65.3 Å².